The zero-order valence-corrected chi connectivity index (χ0v) is 28.6. The molecule has 4 heteroatoms. The number of aromatic amines is 1. The molecule has 46 heavy (non-hydrogen) atoms. The molecule has 0 unspecified atom stereocenters. The predicted octanol–water partition coefficient (Wildman–Crippen LogP) is 11.4. The lowest BCUT2D eigenvalue weighted by Gasteiger charge is -2.26. The van der Waals surface area contributed by atoms with Gasteiger partial charge in [-0.1, -0.05) is 90.1 Å². The Labute approximate surface area is 272 Å². The number of hydrogen-bond acceptors (Lipinski definition) is 2. The Morgan fingerprint density at radius 1 is 0.609 bits per heavy atom. The van der Waals surface area contributed by atoms with Gasteiger partial charge < -0.3 is 9.55 Å². The monoisotopic (exact) mass is 604 g/mol. The highest BCUT2D eigenvalue weighted by Gasteiger charge is 2.27. The van der Waals surface area contributed by atoms with Crippen molar-refractivity contribution in [2.24, 2.45) is 0 Å². The van der Waals surface area contributed by atoms with Gasteiger partial charge in [-0.2, -0.15) is 0 Å². The van der Waals surface area contributed by atoms with Gasteiger partial charge in [-0.3, -0.25) is 4.98 Å². The number of hydrogen-bond donors (Lipinski definition) is 1. The summed E-state index contributed by atoms with van der Waals surface area (Å²) >= 11 is 0. The maximum absolute atomic E-state index is 5.55. The van der Waals surface area contributed by atoms with Crippen LogP contribution in [0.5, 0.6) is 0 Å². The van der Waals surface area contributed by atoms with Crippen molar-refractivity contribution in [3.8, 4) is 33.8 Å². The van der Waals surface area contributed by atoms with Gasteiger partial charge in [-0.25, -0.2) is 4.98 Å². The lowest BCUT2D eigenvalue weighted by Crippen LogP contribution is -2.23. The molecule has 7 rings (SSSR count). The Morgan fingerprint density at radius 2 is 1.33 bits per heavy atom. The number of H-pyrrole nitrogens is 1. The fourth-order valence-corrected chi connectivity index (χ4v) is 6.65. The fraction of sp³-hybridized carbons (Fsp3) is 0.286. The standard InChI is InChI=1S/C42H44N4/c1-40(2,3)28-20-21-43-35(25-28)27-15-12-14-26(22-27)30-17-13-19-36-38(30)45-39(46(36)42(7,8)9)33-24-29(41(4,5)6)23-32-31-16-10-11-18-34(31)44-37(32)33/h10-25,44H,1-9H3. The number of nitrogens with one attached hydrogen (secondary N) is 1. The minimum Gasteiger partial charge on any atom is -0.354 e. The molecule has 1 N–H and O–H groups in total. The van der Waals surface area contributed by atoms with Crippen LogP contribution in [0.25, 0.3) is 66.6 Å². The van der Waals surface area contributed by atoms with Crippen molar-refractivity contribution in [3.05, 3.63) is 108 Å². The van der Waals surface area contributed by atoms with Gasteiger partial charge in [-0.15, -0.1) is 0 Å². The van der Waals surface area contributed by atoms with Crippen LogP contribution < -0.4 is 0 Å². The quantitative estimate of drug-likeness (QED) is 0.218. The summed E-state index contributed by atoms with van der Waals surface area (Å²) in [5.41, 5.74) is 12.3. The van der Waals surface area contributed by atoms with Crippen LogP contribution in [0.3, 0.4) is 0 Å². The van der Waals surface area contributed by atoms with E-state index in [4.69, 9.17) is 9.97 Å². The molecular formula is C42H44N4. The summed E-state index contributed by atoms with van der Waals surface area (Å²) in [6.07, 6.45) is 1.93. The van der Waals surface area contributed by atoms with Gasteiger partial charge in [-0.05, 0) is 90.8 Å². The maximum atomic E-state index is 5.55. The minimum absolute atomic E-state index is 0.0240. The number of nitrogens with zero attached hydrogens (tertiary/aromatic N) is 3. The van der Waals surface area contributed by atoms with E-state index in [1.54, 1.807) is 0 Å². The second kappa shape index (κ2) is 10.4. The van der Waals surface area contributed by atoms with E-state index in [-0.39, 0.29) is 16.4 Å². The second-order valence-corrected chi connectivity index (χ2v) is 15.7. The molecule has 0 fully saturated rings. The number of benzene rings is 4. The van der Waals surface area contributed by atoms with Crippen molar-refractivity contribution < 1.29 is 0 Å². The third-order valence-corrected chi connectivity index (χ3v) is 9.17. The summed E-state index contributed by atoms with van der Waals surface area (Å²) in [5.74, 6) is 0.980. The van der Waals surface area contributed by atoms with Gasteiger partial charge in [0.1, 0.15) is 5.82 Å². The zero-order chi connectivity index (χ0) is 32.6. The molecule has 0 radical (unpaired) electrons. The van der Waals surface area contributed by atoms with Crippen molar-refractivity contribution >= 4 is 32.8 Å². The van der Waals surface area contributed by atoms with Crippen LogP contribution in [0.15, 0.2) is 97.2 Å². The van der Waals surface area contributed by atoms with E-state index in [9.17, 15) is 0 Å². The number of rotatable bonds is 3. The molecule has 0 aliphatic rings. The van der Waals surface area contributed by atoms with Crippen molar-refractivity contribution in [1.82, 2.24) is 19.5 Å². The molecule has 0 bridgehead atoms. The molecule has 4 nitrogen and oxygen atoms in total. The smallest absolute Gasteiger partial charge is 0.143 e. The highest BCUT2D eigenvalue weighted by Crippen LogP contribution is 2.42. The Morgan fingerprint density at radius 3 is 2.07 bits per heavy atom. The van der Waals surface area contributed by atoms with E-state index in [1.165, 1.54) is 21.9 Å². The number of aromatic nitrogens is 4. The van der Waals surface area contributed by atoms with Crippen LogP contribution in [0.2, 0.25) is 0 Å². The summed E-state index contributed by atoms with van der Waals surface area (Å²) in [5, 5.41) is 2.48. The van der Waals surface area contributed by atoms with Crippen LogP contribution in [0.1, 0.15) is 73.4 Å². The van der Waals surface area contributed by atoms with Gasteiger partial charge in [0.05, 0.1) is 22.2 Å². The summed E-state index contributed by atoms with van der Waals surface area (Å²) in [4.78, 5) is 14.1. The molecule has 3 aromatic heterocycles. The third kappa shape index (κ3) is 5.10. The van der Waals surface area contributed by atoms with Gasteiger partial charge in [0, 0.05) is 44.7 Å². The molecule has 232 valence electrons. The van der Waals surface area contributed by atoms with Crippen LogP contribution in [0.4, 0.5) is 0 Å². The van der Waals surface area contributed by atoms with Crippen molar-refractivity contribution in [3.63, 3.8) is 0 Å². The third-order valence-electron chi connectivity index (χ3n) is 9.17. The lowest BCUT2D eigenvalue weighted by atomic mass is 9.85. The molecule has 0 saturated heterocycles. The van der Waals surface area contributed by atoms with Crippen molar-refractivity contribution in [2.45, 2.75) is 78.7 Å². The van der Waals surface area contributed by atoms with E-state index in [2.05, 4.69) is 163 Å². The molecule has 0 saturated carbocycles. The average molecular weight is 605 g/mol. The largest absolute Gasteiger partial charge is 0.354 e. The van der Waals surface area contributed by atoms with E-state index in [1.807, 2.05) is 6.20 Å². The molecule has 0 atom stereocenters. The highest BCUT2D eigenvalue weighted by molar-refractivity contribution is 6.12. The predicted molar refractivity (Wildman–Crippen MR) is 196 cm³/mol. The first-order valence-corrected chi connectivity index (χ1v) is 16.3. The molecule has 7 aromatic rings. The van der Waals surface area contributed by atoms with E-state index in [0.29, 0.717) is 0 Å². The SMILES string of the molecule is CC(C)(C)c1ccnc(-c2cccc(-c3cccc4c3nc(-c3cc(C(C)(C)C)cc5c3[nH]c3ccccc35)n4C(C)(C)C)c2)c1. The Bertz CT molecular complexity index is 2260. The van der Waals surface area contributed by atoms with Crippen LogP contribution in [0, 0.1) is 0 Å². The Kier molecular flexibility index (Phi) is 6.79. The van der Waals surface area contributed by atoms with Crippen LogP contribution in [-0.4, -0.2) is 19.5 Å². The molecule has 0 aliphatic heterocycles. The Balaban J connectivity index is 1.49. The van der Waals surface area contributed by atoms with Gasteiger partial charge in [0.25, 0.3) is 0 Å². The first kappa shape index (κ1) is 30.0. The maximum Gasteiger partial charge on any atom is 0.143 e. The lowest BCUT2D eigenvalue weighted by molar-refractivity contribution is 0.413. The van der Waals surface area contributed by atoms with Gasteiger partial charge in [0.15, 0.2) is 0 Å². The Hall–Kier alpha value is -4.70. The van der Waals surface area contributed by atoms with Crippen LogP contribution >= 0.6 is 0 Å². The highest BCUT2D eigenvalue weighted by atomic mass is 15.1. The van der Waals surface area contributed by atoms with E-state index >= 15 is 0 Å². The molecule has 0 amide bonds. The zero-order valence-electron chi connectivity index (χ0n) is 28.6. The first-order valence-electron chi connectivity index (χ1n) is 16.3. The van der Waals surface area contributed by atoms with E-state index < -0.39 is 0 Å². The number of fused-ring (bicyclic) bond motifs is 4. The molecular weight excluding hydrogens is 560 g/mol. The van der Waals surface area contributed by atoms with Gasteiger partial charge in [0.2, 0.25) is 0 Å². The molecule has 0 aliphatic carbocycles. The number of imidazole rings is 1. The van der Waals surface area contributed by atoms with Crippen molar-refractivity contribution in [1.29, 1.82) is 0 Å². The summed E-state index contributed by atoms with van der Waals surface area (Å²) in [7, 11) is 0. The summed E-state index contributed by atoms with van der Waals surface area (Å²) in [6.45, 7) is 20.4. The average Bonchev–Trinajstić information content (AvgIpc) is 3.59. The topological polar surface area (TPSA) is 46.5 Å². The van der Waals surface area contributed by atoms with Gasteiger partial charge >= 0.3 is 0 Å². The summed E-state index contributed by atoms with van der Waals surface area (Å²) in [6, 6.07) is 33.0. The molecule has 0 spiro atoms. The molecule has 3 heterocycles. The summed E-state index contributed by atoms with van der Waals surface area (Å²) < 4.78 is 2.43. The fourth-order valence-electron chi connectivity index (χ4n) is 6.65. The number of para-hydroxylation sites is 2. The van der Waals surface area contributed by atoms with E-state index in [0.717, 1.165) is 55.8 Å². The normalized spacial score (nSPS) is 12.9. The second-order valence-electron chi connectivity index (χ2n) is 15.7. The molecule has 4 aromatic carbocycles. The number of pyridine rings is 1. The van der Waals surface area contributed by atoms with Crippen molar-refractivity contribution in [2.75, 3.05) is 0 Å². The first-order chi connectivity index (χ1) is 21.7. The van der Waals surface area contributed by atoms with Crippen LogP contribution in [-0.2, 0) is 16.4 Å². The minimum atomic E-state index is -0.210.